The Hall–Kier alpha value is -2.19. The van der Waals surface area contributed by atoms with Crippen LogP contribution in [0.2, 0.25) is 5.02 Å². The van der Waals surface area contributed by atoms with Gasteiger partial charge in [-0.2, -0.15) is 0 Å². The van der Waals surface area contributed by atoms with E-state index < -0.39 is 14.9 Å². The number of rotatable bonds is 4. The van der Waals surface area contributed by atoms with E-state index in [0.29, 0.717) is 0 Å². The minimum atomic E-state index is -3.99. The van der Waals surface area contributed by atoms with Gasteiger partial charge in [-0.05, 0) is 18.2 Å². The molecule has 0 aliphatic carbocycles. The van der Waals surface area contributed by atoms with Crippen molar-refractivity contribution in [2.24, 2.45) is 0 Å². The predicted molar refractivity (Wildman–Crippen MR) is 73.2 cm³/mol. The molecule has 0 aliphatic rings. The summed E-state index contributed by atoms with van der Waals surface area (Å²) in [6, 6.07) is 7.71. The third-order valence-corrected chi connectivity index (χ3v) is 3.97. The van der Waals surface area contributed by atoms with Crippen molar-refractivity contribution in [1.82, 2.24) is 4.98 Å². The first-order chi connectivity index (χ1) is 9.40. The number of hydrogen-bond acceptors (Lipinski definition) is 5. The van der Waals surface area contributed by atoms with Gasteiger partial charge in [0.05, 0.1) is 14.8 Å². The fourth-order valence-corrected chi connectivity index (χ4v) is 2.70. The molecule has 0 fully saturated rings. The van der Waals surface area contributed by atoms with E-state index in [0.717, 1.165) is 6.07 Å². The van der Waals surface area contributed by atoms with Gasteiger partial charge in [-0.25, -0.2) is 13.4 Å². The number of aromatic nitrogens is 1. The molecule has 0 spiro atoms. The van der Waals surface area contributed by atoms with Crippen LogP contribution in [0.25, 0.3) is 0 Å². The number of hydrogen-bond donors (Lipinski definition) is 1. The predicted octanol–water partition coefficient (Wildman–Crippen LogP) is 2.44. The maximum atomic E-state index is 12.1. The van der Waals surface area contributed by atoms with Gasteiger partial charge in [-0.15, -0.1) is 0 Å². The lowest BCUT2D eigenvalue weighted by Crippen LogP contribution is -2.14. The Bertz CT molecular complexity index is 764. The highest BCUT2D eigenvalue weighted by Crippen LogP contribution is 2.23. The molecule has 1 heterocycles. The van der Waals surface area contributed by atoms with Crippen molar-refractivity contribution in [2.75, 3.05) is 4.72 Å². The third kappa shape index (κ3) is 3.03. The zero-order valence-corrected chi connectivity index (χ0v) is 11.4. The molecule has 9 heteroatoms. The molecular formula is C11H8ClN3O4S. The maximum Gasteiger partial charge on any atom is 0.270 e. The molecule has 0 saturated heterocycles. The van der Waals surface area contributed by atoms with Crippen LogP contribution in [0.15, 0.2) is 47.5 Å². The van der Waals surface area contributed by atoms with Crippen molar-refractivity contribution in [1.29, 1.82) is 0 Å². The van der Waals surface area contributed by atoms with E-state index in [1.54, 1.807) is 6.07 Å². The van der Waals surface area contributed by atoms with Crippen LogP contribution in [0.1, 0.15) is 0 Å². The minimum absolute atomic E-state index is 0.0410. The first kappa shape index (κ1) is 14.2. The average Bonchev–Trinajstić information content (AvgIpc) is 2.41. The lowest BCUT2D eigenvalue weighted by molar-refractivity contribution is -0.385. The van der Waals surface area contributed by atoms with E-state index in [9.17, 15) is 18.5 Å². The van der Waals surface area contributed by atoms with Gasteiger partial charge in [0.1, 0.15) is 0 Å². The SMILES string of the molecule is O=[N+]([O-])c1cccc(S(=O)(=O)Nc2ncccc2Cl)c1. The Morgan fingerprint density at radius 1 is 1.25 bits per heavy atom. The second kappa shape index (κ2) is 5.43. The average molecular weight is 314 g/mol. The number of pyridine rings is 1. The molecule has 0 amide bonds. The van der Waals surface area contributed by atoms with Crippen molar-refractivity contribution >= 4 is 33.1 Å². The molecule has 2 rings (SSSR count). The fourth-order valence-electron chi connectivity index (χ4n) is 1.41. The van der Waals surface area contributed by atoms with E-state index in [2.05, 4.69) is 9.71 Å². The normalized spacial score (nSPS) is 11.1. The molecular weight excluding hydrogens is 306 g/mol. The number of nitro benzene ring substituents is 1. The van der Waals surface area contributed by atoms with E-state index in [1.165, 1.54) is 30.5 Å². The van der Waals surface area contributed by atoms with Crippen LogP contribution >= 0.6 is 11.6 Å². The van der Waals surface area contributed by atoms with E-state index in [-0.39, 0.29) is 21.4 Å². The van der Waals surface area contributed by atoms with Crippen molar-refractivity contribution in [3.63, 3.8) is 0 Å². The van der Waals surface area contributed by atoms with Crippen LogP contribution in [0.4, 0.5) is 11.5 Å². The molecule has 2 aromatic rings. The lowest BCUT2D eigenvalue weighted by atomic mass is 10.3. The van der Waals surface area contributed by atoms with Crippen LogP contribution in [0, 0.1) is 10.1 Å². The lowest BCUT2D eigenvalue weighted by Gasteiger charge is -2.08. The first-order valence-corrected chi connectivity index (χ1v) is 7.14. The molecule has 0 atom stereocenters. The van der Waals surface area contributed by atoms with Gasteiger partial charge in [-0.1, -0.05) is 17.7 Å². The molecule has 104 valence electrons. The summed E-state index contributed by atoms with van der Waals surface area (Å²) in [5, 5.41) is 10.8. The molecule has 0 saturated carbocycles. The first-order valence-electron chi connectivity index (χ1n) is 5.28. The molecule has 20 heavy (non-hydrogen) atoms. The number of nitro groups is 1. The van der Waals surface area contributed by atoms with Gasteiger partial charge in [0.2, 0.25) is 0 Å². The number of non-ortho nitro benzene ring substituents is 1. The third-order valence-electron chi connectivity index (χ3n) is 2.33. The van der Waals surface area contributed by atoms with Crippen molar-refractivity contribution in [3.05, 3.63) is 57.7 Å². The van der Waals surface area contributed by atoms with Crippen molar-refractivity contribution < 1.29 is 13.3 Å². The zero-order valence-electron chi connectivity index (χ0n) is 9.86. The van der Waals surface area contributed by atoms with Crippen LogP contribution in [0.3, 0.4) is 0 Å². The van der Waals surface area contributed by atoms with Crippen LogP contribution in [-0.4, -0.2) is 18.3 Å². The molecule has 0 unspecified atom stereocenters. The highest BCUT2D eigenvalue weighted by Gasteiger charge is 2.19. The number of anilines is 1. The Balaban J connectivity index is 2.38. The molecule has 7 nitrogen and oxygen atoms in total. The Kier molecular flexibility index (Phi) is 3.86. The fraction of sp³-hybridized carbons (Fsp3) is 0. The molecule has 0 radical (unpaired) electrons. The van der Waals surface area contributed by atoms with Crippen molar-refractivity contribution in [2.45, 2.75) is 4.90 Å². The van der Waals surface area contributed by atoms with Crippen LogP contribution in [0.5, 0.6) is 0 Å². The Labute approximate surface area is 119 Å². The van der Waals surface area contributed by atoms with Crippen LogP contribution < -0.4 is 4.72 Å². The second-order valence-corrected chi connectivity index (χ2v) is 5.78. The summed E-state index contributed by atoms with van der Waals surface area (Å²) in [6.45, 7) is 0. The van der Waals surface area contributed by atoms with Crippen LogP contribution in [-0.2, 0) is 10.0 Å². The standard InChI is InChI=1S/C11H8ClN3O4S/c12-10-5-2-6-13-11(10)14-20(18,19)9-4-1-3-8(7-9)15(16)17/h1-7H,(H,13,14). The minimum Gasteiger partial charge on any atom is -0.262 e. The quantitative estimate of drug-likeness (QED) is 0.690. The summed E-state index contributed by atoms with van der Waals surface area (Å²) in [7, 11) is -3.99. The highest BCUT2D eigenvalue weighted by atomic mass is 35.5. The van der Waals surface area contributed by atoms with Gasteiger partial charge in [-0.3, -0.25) is 14.8 Å². The Morgan fingerprint density at radius 3 is 2.65 bits per heavy atom. The van der Waals surface area contributed by atoms with Gasteiger partial charge in [0.25, 0.3) is 15.7 Å². The van der Waals surface area contributed by atoms with E-state index in [4.69, 9.17) is 11.6 Å². The summed E-state index contributed by atoms with van der Waals surface area (Å²) in [5.74, 6) is -0.0410. The molecule has 1 aromatic heterocycles. The maximum absolute atomic E-state index is 12.1. The largest absolute Gasteiger partial charge is 0.270 e. The zero-order chi connectivity index (χ0) is 14.8. The topological polar surface area (TPSA) is 102 Å². The smallest absolute Gasteiger partial charge is 0.262 e. The number of benzene rings is 1. The summed E-state index contributed by atoms with van der Waals surface area (Å²) in [6.07, 6.45) is 1.37. The monoisotopic (exact) mass is 313 g/mol. The number of sulfonamides is 1. The summed E-state index contributed by atoms with van der Waals surface area (Å²) >= 11 is 5.80. The van der Waals surface area contributed by atoms with Gasteiger partial charge < -0.3 is 0 Å². The summed E-state index contributed by atoms with van der Waals surface area (Å²) < 4.78 is 26.4. The van der Waals surface area contributed by atoms with E-state index >= 15 is 0 Å². The number of nitrogens with zero attached hydrogens (tertiary/aromatic N) is 2. The summed E-state index contributed by atoms with van der Waals surface area (Å²) in [5.41, 5.74) is -0.319. The number of halogens is 1. The van der Waals surface area contributed by atoms with Gasteiger partial charge in [0.15, 0.2) is 5.82 Å². The van der Waals surface area contributed by atoms with Gasteiger partial charge in [0, 0.05) is 18.3 Å². The van der Waals surface area contributed by atoms with Gasteiger partial charge >= 0.3 is 0 Å². The summed E-state index contributed by atoms with van der Waals surface area (Å²) in [4.78, 5) is 13.5. The Morgan fingerprint density at radius 2 is 2.00 bits per heavy atom. The molecule has 0 bridgehead atoms. The molecule has 1 N–H and O–H groups in total. The molecule has 1 aromatic carbocycles. The second-order valence-electron chi connectivity index (χ2n) is 3.69. The van der Waals surface area contributed by atoms with Crippen molar-refractivity contribution in [3.8, 4) is 0 Å². The highest BCUT2D eigenvalue weighted by molar-refractivity contribution is 7.92. The number of nitrogens with one attached hydrogen (secondary N) is 1. The molecule has 0 aliphatic heterocycles. The van der Waals surface area contributed by atoms with E-state index in [1.807, 2.05) is 0 Å².